The second-order valence-electron chi connectivity index (χ2n) is 7.30. The molecule has 1 saturated carbocycles. The van der Waals surface area contributed by atoms with E-state index >= 15 is 0 Å². The van der Waals surface area contributed by atoms with E-state index in [4.69, 9.17) is 10.5 Å². The maximum Gasteiger partial charge on any atom is 0.251 e. The van der Waals surface area contributed by atoms with Gasteiger partial charge in [0.1, 0.15) is 0 Å². The maximum absolute atomic E-state index is 12.3. The molecule has 1 aliphatic carbocycles. The van der Waals surface area contributed by atoms with Crippen LogP contribution in [0.25, 0.3) is 0 Å². The van der Waals surface area contributed by atoms with Crippen molar-refractivity contribution in [1.29, 1.82) is 0 Å². The minimum atomic E-state index is -0.0162. The van der Waals surface area contributed by atoms with Gasteiger partial charge in [-0.05, 0) is 50.3 Å². The highest BCUT2D eigenvalue weighted by molar-refractivity contribution is 5.94. The van der Waals surface area contributed by atoms with E-state index in [0.29, 0.717) is 18.0 Å². The summed E-state index contributed by atoms with van der Waals surface area (Å²) >= 11 is 0. The number of nitrogens with one attached hydrogen (secondary N) is 1. The fourth-order valence-corrected chi connectivity index (χ4v) is 3.55. The number of carbonyl (C=O) groups is 1. The zero-order valence-electron chi connectivity index (χ0n) is 15.5. The molecule has 7 heteroatoms. The lowest BCUT2D eigenvalue weighted by molar-refractivity contribution is -0.0704. The number of rotatable bonds is 6. The van der Waals surface area contributed by atoms with E-state index in [-0.39, 0.29) is 49.0 Å². The Balaban J connectivity index is 0.00000169. The van der Waals surface area contributed by atoms with Crippen molar-refractivity contribution in [2.24, 2.45) is 11.7 Å². The van der Waals surface area contributed by atoms with Gasteiger partial charge in [-0.15, -0.1) is 24.8 Å². The van der Waals surface area contributed by atoms with E-state index in [2.05, 4.69) is 24.1 Å². The topological polar surface area (TPSA) is 67.6 Å². The zero-order chi connectivity index (χ0) is 17.1. The highest BCUT2D eigenvalue weighted by Crippen LogP contribution is 2.32. The molecule has 0 aromatic heterocycles. The van der Waals surface area contributed by atoms with Crippen molar-refractivity contribution in [2.45, 2.75) is 51.5 Å². The Labute approximate surface area is 168 Å². The normalized spacial score (nSPS) is 24.1. The summed E-state index contributed by atoms with van der Waals surface area (Å²) in [6.07, 6.45) is 2.90. The van der Waals surface area contributed by atoms with Gasteiger partial charge >= 0.3 is 0 Å². The molecule has 0 spiro atoms. The molecular formula is C19H31Cl2N3O2. The van der Waals surface area contributed by atoms with Crippen LogP contribution in [0, 0.1) is 5.92 Å². The Morgan fingerprint density at radius 2 is 1.77 bits per heavy atom. The van der Waals surface area contributed by atoms with Crippen LogP contribution in [0.5, 0.6) is 0 Å². The van der Waals surface area contributed by atoms with Gasteiger partial charge in [0, 0.05) is 37.8 Å². The summed E-state index contributed by atoms with van der Waals surface area (Å²) in [4.78, 5) is 14.7. The van der Waals surface area contributed by atoms with Crippen molar-refractivity contribution in [1.82, 2.24) is 10.2 Å². The highest BCUT2D eigenvalue weighted by atomic mass is 35.5. The molecule has 26 heavy (non-hydrogen) atoms. The Morgan fingerprint density at radius 3 is 2.27 bits per heavy atom. The third-order valence-corrected chi connectivity index (χ3v) is 4.88. The van der Waals surface area contributed by atoms with Crippen LogP contribution in [-0.4, -0.2) is 48.7 Å². The smallest absolute Gasteiger partial charge is 0.251 e. The van der Waals surface area contributed by atoms with Crippen molar-refractivity contribution in [3.63, 3.8) is 0 Å². The van der Waals surface area contributed by atoms with Crippen molar-refractivity contribution >= 4 is 30.7 Å². The molecular weight excluding hydrogens is 373 g/mol. The summed E-state index contributed by atoms with van der Waals surface area (Å²) in [7, 11) is 0. The highest BCUT2D eigenvalue weighted by Gasteiger charge is 2.31. The molecule has 0 radical (unpaired) electrons. The van der Waals surface area contributed by atoms with Gasteiger partial charge in [0.05, 0.1) is 12.2 Å². The van der Waals surface area contributed by atoms with Gasteiger partial charge in [-0.1, -0.05) is 12.1 Å². The van der Waals surface area contributed by atoms with Gasteiger partial charge < -0.3 is 15.8 Å². The van der Waals surface area contributed by atoms with Crippen LogP contribution >= 0.6 is 24.8 Å². The van der Waals surface area contributed by atoms with Crippen LogP contribution in [0.2, 0.25) is 0 Å². The zero-order valence-corrected chi connectivity index (χ0v) is 17.2. The molecule has 3 rings (SSSR count). The Morgan fingerprint density at radius 1 is 1.19 bits per heavy atom. The van der Waals surface area contributed by atoms with Gasteiger partial charge in [-0.2, -0.15) is 0 Å². The van der Waals surface area contributed by atoms with Crippen LogP contribution in [-0.2, 0) is 11.3 Å². The van der Waals surface area contributed by atoms with Crippen molar-refractivity contribution < 1.29 is 9.53 Å². The molecule has 2 fully saturated rings. The lowest BCUT2D eigenvalue weighted by atomic mass is 10.1. The standard InChI is InChI=1S/C19H29N3O2.2ClH/c1-13-10-22(11-14(2)24-13)12-15-3-5-17(6-4-15)19(23)21-18(9-20)16-7-8-16;;/h3-6,13-14,16,18H,7-12,20H2,1-2H3,(H,21,23);2*1H. The molecule has 1 aliphatic heterocycles. The number of morpholine rings is 1. The number of halogens is 2. The number of hydrogen-bond donors (Lipinski definition) is 2. The maximum atomic E-state index is 12.3. The molecule has 2 aliphatic rings. The van der Waals surface area contributed by atoms with Crippen molar-refractivity contribution in [3.05, 3.63) is 35.4 Å². The van der Waals surface area contributed by atoms with Gasteiger partial charge in [0.15, 0.2) is 0 Å². The molecule has 3 atom stereocenters. The number of hydrogen-bond acceptors (Lipinski definition) is 4. The quantitative estimate of drug-likeness (QED) is 0.765. The number of benzene rings is 1. The number of nitrogens with zero attached hydrogens (tertiary/aromatic N) is 1. The Bertz CT molecular complexity index is 556. The average molecular weight is 404 g/mol. The number of ether oxygens (including phenoxy) is 1. The number of nitrogens with two attached hydrogens (primary N) is 1. The van der Waals surface area contributed by atoms with Gasteiger partial charge in [-0.3, -0.25) is 9.69 Å². The van der Waals surface area contributed by atoms with Crippen LogP contribution in [0.3, 0.4) is 0 Å². The summed E-state index contributed by atoms with van der Waals surface area (Å²) in [5.41, 5.74) is 7.70. The lowest BCUT2D eigenvalue weighted by Crippen LogP contribution is -2.44. The van der Waals surface area contributed by atoms with E-state index in [9.17, 15) is 4.79 Å². The van der Waals surface area contributed by atoms with Crippen LogP contribution in [0.15, 0.2) is 24.3 Å². The third-order valence-electron chi connectivity index (χ3n) is 4.88. The SMILES string of the molecule is CC1CN(Cc2ccc(C(=O)NC(CN)C3CC3)cc2)CC(C)O1.Cl.Cl. The van der Waals surface area contributed by atoms with Crippen LogP contribution < -0.4 is 11.1 Å². The summed E-state index contributed by atoms with van der Waals surface area (Å²) in [5.74, 6) is 0.557. The fraction of sp³-hybridized carbons (Fsp3) is 0.632. The Hall–Kier alpha value is -0.850. The number of amides is 1. The first-order valence-electron chi connectivity index (χ1n) is 9.03. The largest absolute Gasteiger partial charge is 0.373 e. The molecule has 1 aromatic rings. The minimum absolute atomic E-state index is 0. The van der Waals surface area contributed by atoms with Crippen molar-refractivity contribution in [2.75, 3.05) is 19.6 Å². The lowest BCUT2D eigenvalue weighted by Gasteiger charge is -2.35. The molecule has 1 aromatic carbocycles. The second kappa shape index (κ2) is 10.5. The van der Waals surface area contributed by atoms with Gasteiger partial charge in [-0.25, -0.2) is 0 Å². The fourth-order valence-electron chi connectivity index (χ4n) is 3.55. The van der Waals surface area contributed by atoms with E-state index in [1.165, 1.54) is 18.4 Å². The van der Waals surface area contributed by atoms with E-state index in [1.54, 1.807) is 0 Å². The van der Waals surface area contributed by atoms with E-state index in [1.807, 2.05) is 24.3 Å². The summed E-state index contributed by atoms with van der Waals surface area (Å²) < 4.78 is 5.77. The summed E-state index contributed by atoms with van der Waals surface area (Å²) in [6, 6.07) is 8.05. The minimum Gasteiger partial charge on any atom is -0.373 e. The molecule has 5 nitrogen and oxygen atoms in total. The molecule has 1 amide bonds. The summed E-state index contributed by atoms with van der Waals surface area (Å²) in [6.45, 7) is 7.54. The van der Waals surface area contributed by atoms with E-state index in [0.717, 1.165) is 19.6 Å². The number of carbonyl (C=O) groups excluding carboxylic acids is 1. The third kappa shape index (κ3) is 6.39. The molecule has 1 heterocycles. The van der Waals surface area contributed by atoms with Gasteiger partial charge in [0.2, 0.25) is 0 Å². The predicted octanol–water partition coefficient (Wildman–Crippen LogP) is 2.61. The molecule has 148 valence electrons. The first-order chi connectivity index (χ1) is 11.5. The predicted molar refractivity (Wildman–Crippen MR) is 109 cm³/mol. The monoisotopic (exact) mass is 403 g/mol. The van der Waals surface area contributed by atoms with E-state index < -0.39 is 0 Å². The molecule has 3 unspecified atom stereocenters. The van der Waals surface area contributed by atoms with Crippen LogP contribution in [0.4, 0.5) is 0 Å². The Kier molecular flexibility index (Phi) is 9.34. The van der Waals surface area contributed by atoms with Gasteiger partial charge in [0.25, 0.3) is 5.91 Å². The summed E-state index contributed by atoms with van der Waals surface area (Å²) in [5, 5.41) is 3.07. The molecule has 0 bridgehead atoms. The first kappa shape index (κ1) is 23.2. The molecule has 1 saturated heterocycles. The first-order valence-corrected chi connectivity index (χ1v) is 9.03. The van der Waals surface area contributed by atoms with Crippen LogP contribution in [0.1, 0.15) is 42.6 Å². The second-order valence-corrected chi connectivity index (χ2v) is 7.30. The average Bonchev–Trinajstić information content (AvgIpc) is 3.37. The molecule has 3 N–H and O–H groups in total. The van der Waals surface area contributed by atoms with Crippen molar-refractivity contribution in [3.8, 4) is 0 Å².